The van der Waals surface area contributed by atoms with Crippen LogP contribution in [0.3, 0.4) is 0 Å². The molecule has 0 aliphatic heterocycles. The van der Waals surface area contributed by atoms with Gasteiger partial charge in [-0.05, 0) is 49.4 Å². The van der Waals surface area contributed by atoms with Crippen LogP contribution >= 0.6 is 0 Å². The highest BCUT2D eigenvalue weighted by molar-refractivity contribution is 4.98. The highest BCUT2D eigenvalue weighted by atomic mass is 16.3. The SMILES string of the molecule is CC1CCC(C(C)C)C(O)(C2CCCCC2)C1. The van der Waals surface area contributed by atoms with Crippen LogP contribution in [0.5, 0.6) is 0 Å². The van der Waals surface area contributed by atoms with Gasteiger partial charge in [-0.25, -0.2) is 0 Å². The Hall–Kier alpha value is -0.0400. The first-order chi connectivity index (χ1) is 8.04. The first kappa shape index (κ1) is 13.4. The van der Waals surface area contributed by atoms with Crippen molar-refractivity contribution in [3.63, 3.8) is 0 Å². The molecule has 0 bridgehead atoms. The van der Waals surface area contributed by atoms with Gasteiger partial charge in [-0.2, -0.15) is 0 Å². The molecule has 0 spiro atoms. The highest BCUT2D eigenvalue weighted by Gasteiger charge is 2.47. The van der Waals surface area contributed by atoms with Crippen LogP contribution in [0.4, 0.5) is 0 Å². The summed E-state index contributed by atoms with van der Waals surface area (Å²) in [5.41, 5.74) is -0.341. The third kappa shape index (κ3) is 2.70. The molecule has 2 aliphatic carbocycles. The molecule has 3 atom stereocenters. The predicted octanol–water partition coefficient (Wildman–Crippen LogP) is 4.39. The molecule has 0 aromatic heterocycles. The van der Waals surface area contributed by atoms with Gasteiger partial charge in [0.15, 0.2) is 0 Å². The normalized spacial score (nSPS) is 40.8. The lowest BCUT2D eigenvalue weighted by Gasteiger charge is -2.50. The standard InChI is InChI=1S/C16H30O/c1-12(2)15-10-9-13(3)11-16(15,17)14-7-5-4-6-8-14/h12-15,17H,4-11H2,1-3H3. The molecule has 2 aliphatic rings. The van der Waals surface area contributed by atoms with Crippen LogP contribution in [0, 0.1) is 23.7 Å². The fourth-order valence-corrected chi connectivity index (χ4v) is 4.51. The molecule has 0 aromatic carbocycles. The minimum absolute atomic E-state index is 0.341. The molecular formula is C16H30O. The maximum atomic E-state index is 11.3. The molecule has 2 rings (SSSR count). The van der Waals surface area contributed by atoms with Crippen molar-refractivity contribution >= 4 is 0 Å². The average Bonchev–Trinajstić information content (AvgIpc) is 2.29. The van der Waals surface area contributed by atoms with Crippen molar-refractivity contribution < 1.29 is 5.11 Å². The molecule has 1 nitrogen and oxygen atoms in total. The molecular weight excluding hydrogens is 208 g/mol. The second kappa shape index (κ2) is 5.30. The third-order valence-corrected chi connectivity index (χ3v) is 5.40. The fourth-order valence-electron chi connectivity index (χ4n) is 4.51. The lowest BCUT2D eigenvalue weighted by atomic mass is 9.59. The maximum Gasteiger partial charge on any atom is 0.0708 e. The number of hydrogen-bond acceptors (Lipinski definition) is 1. The number of aliphatic hydroxyl groups is 1. The average molecular weight is 238 g/mol. The quantitative estimate of drug-likeness (QED) is 0.756. The molecule has 1 heteroatoms. The van der Waals surface area contributed by atoms with Crippen molar-refractivity contribution in [3.05, 3.63) is 0 Å². The van der Waals surface area contributed by atoms with Crippen LogP contribution in [-0.2, 0) is 0 Å². The van der Waals surface area contributed by atoms with Crippen LogP contribution in [0.15, 0.2) is 0 Å². The summed E-state index contributed by atoms with van der Waals surface area (Å²) in [6, 6.07) is 0. The Labute approximate surface area is 107 Å². The van der Waals surface area contributed by atoms with Gasteiger partial charge in [0.2, 0.25) is 0 Å². The van der Waals surface area contributed by atoms with Gasteiger partial charge in [0.1, 0.15) is 0 Å². The summed E-state index contributed by atoms with van der Waals surface area (Å²) < 4.78 is 0. The van der Waals surface area contributed by atoms with E-state index < -0.39 is 0 Å². The topological polar surface area (TPSA) is 20.2 Å². The molecule has 0 radical (unpaired) electrons. The summed E-state index contributed by atoms with van der Waals surface area (Å²) in [6.07, 6.45) is 10.2. The van der Waals surface area contributed by atoms with E-state index in [1.54, 1.807) is 0 Å². The van der Waals surface area contributed by atoms with E-state index in [2.05, 4.69) is 20.8 Å². The van der Waals surface area contributed by atoms with Gasteiger partial charge in [-0.1, -0.05) is 46.5 Å². The van der Waals surface area contributed by atoms with Crippen molar-refractivity contribution in [1.82, 2.24) is 0 Å². The summed E-state index contributed by atoms with van der Waals surface area (Å²) in [6.45, 7) is 6.92. The number of hydrogen-bond donors (Lipinski definition) is 1. The lowest BCUT2D eigenvalue weighted by molar-refractivity contribution is -0.130. The maximum absolute atomic E-state index is 11.3. The summed E-state index contributed by atoms with van der Waals surface area (Å²) >= 11 is 0. The summed E-state index contributed by atoms with van der Waals surface area (Å²) in [5, 5.41) is 11.3. The Balaban J connectivity index is 2.15. The minimum Gasteiger partial charge on any atom is -0.389 e. The predicted molar refractivity (Wildman–Crippen MR) is 72.9 cm³/mol. The van der Waals surface area contributed by atoms with Crippen LogP contribution in [0.25, 0.3) is 0 Å². The van der Waals surface area contributed by atoms with Gasteiger partial charge < -0.3 is 5.11 Å². The number of rotatable bonds is 2. The Morgan fingerprint density at radius 3 is 2.24 bits per heavy atom. The van der Waals surface area contributed by atoms with E-state index in [0.29, 0.717) is 17.8 Å². The molecule has 1 N–H and O–H groups in total. The third-order valence-electron chi connectivity index (χ3n) is 5.40. The van der Waals surface area contributed by atoms with E-state index in [0.717, 1.165) is 12.3 Å². The first-order valence-corrected chi connectivity index (χ1v) is 7.76. The van der Waals surface area contributed by atoms with E-state index >= 15 is 0 Å². The van der Waals surface area contributed by atoms with Crippen molar-refractivity contribution in [2.75, 3.05) is 0 Å². The summed E-state index contributed by atoms with van der Waals surface area (Å²) in [4.78, 5) is 0. The second-order valence-electron chi connectivity index (χ2n) is 7.06. The molecule has 100 valence electrons. The van der Waals surface area contributed by atoms with E-state index in [9.17, 15) is 5.11 Å². The smallest absolute Gasteiger partial charge is 0.0708 e. The van der Waals surface area contributed by atoms with Gasteiger partial charge in [0.05, 0.1) is 5.60 Å². The largest absolute Gasteiger partial charge is 0.389 e. The lowest BCUT2D eigenvalue weighted by Crippen LogP contribution is -2.51. The zero-order valence-corrected chi connectivity index (χ0v) is 11.9. The van der Waals surface area contributed by atoms with Gasteiger partial charge >= 0.3 is 0 Å². The Bertz CT molecular complexity index is 242. The Kier molecular flexibility index (Phi) is 4.18. The summed E-state index contributed by atoms with van der Waals surface area (Å²) in [5.74, 6) is 2.49. The van der Waals surface area contributed by atoms with Crippen LogP contribution < -0.4 is 0 Å². The molecule has 3 unspecified atom stereocenters. The minimum atomic E-state index is -0.341. The first-order valence-electron chi connectivity index (χ1n) is 7.76. The molecule has 0 aromatic rings. The van der Waals surface area contributed by atoms with Gasteiger partial charge in [0, 0.05) is 0 Å². The van der Waals surface area contributed by atoms with Gasteiger partial charge in [-0.15, -0.1) is 0 Å². The zero-order valence-electron chi connectivity index (χ0n) is 11.9. The van der Waals surface area contributed by atoms with Crippen LogP contribution in [-0.4, -0.2) is 10.7 Å². The molecule has 2 fully saturated rings. The van der Waals surface area contributed by atoms with Gasteiger partial charge in [0.25, 0.3) is 0 Å². The van der Waals surface area contributed by atoms with Crippen molar-refractivity contribution in [3.8, 4) is 0 Å². The van der Waals surface area contributed by atoms with Crippen LogP contribution in [0.2, 0.25) is 0 Å². The molecule has 0 saturated heterocycles. The zero-order chi connectivity index (χ0) is 12.5. The van der Waals surface area contributed by atoms with E-state index in [4.69, 9.17) is 0 Å². The Morgan fingerprint density at radius 2 is 1.65 bits per heavy atom. The molecule has 0 amide bonds. The second-order valence-corrected chi connectivity index (χ2v) is 7.06. The van der Waals surface area contributed by atoms with Crippen molar-refractivity contribution in [2.24, 2.45) is 23.7 Å². The molecule has 0 heterocycles. The Morgan fingerprint density at radius 1 is 1.00 bits per heavy atom. The molecule has 2 saturated carbocycles. The van der Waals surface area contributed by atoms with E-state index in [-0.39, 0.29) is 5.60 Å². The fraction of sp³-hybridized carbons (Fsp3) is 1.00. The van der Waals surface area contributed by atoms with Gasteiger partial charge in [-0.3, -0.25) is 0 Å². The van der Waals surface area contributed by atoms with Crippen molar-refractivity contribution in [1.29, 1.82) is 0 Å². The van der Waals surface area contributed by atoms with Crippen LogP contribution in [0.1, 0.15) is 72.1 Å². The molecule has 17 heavy (non-hydrogen) atoms. The monoisotopic (exact) mass is 238 g/mol. The summed E-state index contributed by atoms with van der Waals surface area (Å²) in [7, 11) is 0. The highest BCUT2D eigenvalue weighted by Crippen LogP contribution is 2.48. The van der Waals surface area contributed by atoms with E-state index in [1.807, 2.05) is 0 Å². The van der Waals surface area contributed by atoms with Crippen molar-refractivity contribution in [2.45, 2.75) is 77.7 Å². The van der Waals surface area contributed by atoms with E-state index in [1.165, 1.54) is 44.9 Å².